The number of carbonyl (C=O) groups is 2. The molecule has 0 heterocycles. The summed E-state index contributed by atoms with van der Waals surface area (Å²) in [5, 5.41) is 11.1. The molecular formula is C12H16NO6PS. The van der Waals surface area contributed by atoms with Crippen LogP contribution in [0.1, 0.15) is 12.8 Å². The van der Waals surface area contributed by atoms with E-state index in [0.717, 1.165) is 0 Å². The third-order valence-electron chi connectivity index (χ3n) is 2.37. The normalized spacial score (nSPS) is 11.0. The lowest BCUT2D eigenvalue weighted by molar-refractivity contribution is -0.138. The average Bonchev–Trinajstić information content (AvgIpc) is 2.47. The summed E-state index contributed by atoms with van der Waals surface area (Å²) in [5.74, 6) is -0.936. The van der Waals surface area contributed by atoms with Gasteiger partial charge in [-0.2, -0.15) is 0 Å². The summed E-state index contributed by atoms with van der Waals surface area (Å²) >= 11 is 5.07. The second-order valence-corrected chi connectivity index (χ2v) is 7.02. The molecule has 116 valence electrons. The Morgan fingerprint density at radius 2 is 1.76 bits per heavy atom. The third-order valence-corrected chi connectivity index (χ3v) is 4.82. The van der Waals surface area contributed by atoms with Gasteiger partial charge in [-0.05, 0) is 24.3 Å². The molecule has 1 amide bonds. The molecule has 0 saturated carbocycles. The van der Waals surface area contributed by atoms with Crippen LogP contribution in [0, 0.1) is 0 Å². The lowest BCUT2D eigenvalue weighted by atomic mass is 10.2. The molecule has 0 aromatic heterocycles. The van der Waals surface area contributed by atoms with Crippen LogP contribution in [-0.4, -0.2) is 31.2 Å². The summed E-state index contributed by atoms with van der Waals surface area (Å²) < 4.78 is 15.4. The lowest BCUT2D eigenvalue weighted by Gasteiger charge is -2.18. The highest BCUT2D eigenvalue weighted by atomic mass is 32.5. The molecule has 1 aromatic rings. The summed E-state index contributed by atoms with van der Waals surface area (Å²) in [5.41, 5.74) is 0.529. The van der Waals surface area contributed by atoms with E-state index in [4.69, 9.17) is 30.5 Å². The standard InChI is InChI=1S/C12H16NO6PS/c1-17-20(21,18-2)19-10-5-3-9(4-6-10)13-11(14)7-8-12(15)16/h3-6H,7-8H2,1-2H3,(H,13,14)(H,15,16). The topological polar surface area (TPSA) is 94.1 Å². The van der Waals surface area contributed by atoms with Crippen LogP contribution in [0.15, 0.2) is 24.3 Å². The summed E-state index contributed by atoms with van der Waals surface area (Å²) in [4.78, 5) is 21.8. The molecule has 0 spiro atoms. The predicted octanol–water partition coefficient (Wildman–Crippen LogP) is 2.39. The Balaban J connectivity index is 2.60. The summed E-state index contributed by atoms with van der Waals surface area (Å²) in [6.45, 7) is -2.79. The predicted molar refractivity (Wildman–Crippen MR) is 80.9 cm³/mol. The number of hydrogen-bond donors (Lipinski definition) is 2. The fourth-order valence-electron chi connectivity index (χ4n) is 1.32. The fourth-order valence-corrected chi connectivity index (χ4v) is 2.26. The number of aliphatic carboxylic acids is 1. The van der Waals surface area contributed by atoms with Crippen molar-refractivity contribution in [2.24, 2.45) is 0 Å². The minimum absolute atomic E-state index is 0.0816. The maximum absolute atomic E-state index is 11.5. The molecule has 0 radical (unpaired) electrons. The highest BCUT2D eigenvalue weighted by molar-refractivity contribution is 8.07. The Morgan fingerprint density at radius 1 is 1.19 bits per heavy atom. The molecule has 9 heteroatoms. The van der Waals surface area contributed by atoms with Crippen LogP contribution in [0.4, 0.5) is 5.69 Å². The van der Waals surface area contributed by atoms with Crippen molar-refractivity contribution in [1.82, 2.24) is 0 Å². The van der Waals surface area contributed by atoms with Crippen molar-refractivity contribution >= 4 is 36.1 Å². The number of anilines is 1. The van der Waals surface area contributed by atoms with Crippen LogP contribution in [0.2, 0.25) is 0 Å². The summed E-state index contributed by atoms with van der Waals surface area (Å²) in [6.07, 6.45) is -0.292. The number of nitrogens with one attached hydrogen (secondary N) is 1. The van der Waals surface area contributed by atoms with E-state index < -0.39 is 12.7 Å². The van der Waals surface area contributed by atoms with Crippen molar-refractivity contribution in [3.05, 3.63) is 24.3 Å². The number of hydrogen-bond acceptors (Lipinski definition) is 6. The van der Waals surface area contributed by atoms with Crippen LogP contribution in [0.25, 0.3) is 0 Å². The number of amides is 1. The first kappa shape index (κ1) is 17.6. The monoisotopic (exact) mass is 333 g/mol. The number of carboxylic acid groups (broad SMARTS) is 1. The Kier molecular flexibility index (Phi) is 6.77. The molecule has 2 N–H and O–H groups in total. The number of carboxylic acids is 1. The van der Waals surface area contributed by atoms with E-state index in [1.165, 1.54) is 14.2 Å². The van der Waals surface area contributed by atoms with Crippen molar-refractivity contribution in [2.75, 3.05) is 19.5 Å². The average molecular weight is 333 g/mol. The molecule has 7 nitrogen and oxygen atoms in total. The maximum atomic E-state index is 11.5. The highest BCUT2D eigenvalue weighted by Gasteiger charge is 2.18. The Morgan fingerprint density at radius 3 is 2.24 bits per heavy atom. The van der Waals surface area contributed by atoms with Crippen LogP contribution < -0.4 is 9.84 Å². The Bertz CT molecular complexity index is 539. The molecule has 0 aliphatic rings. The molecule has 0 fully saturated rings. The molecule has 1 rings (SSSR count). The van der Waals surface area contributed by atoms with E-state index in [-0.39, 0.29) is 18.7 Å². The van der Waals surface area contributed by atoms with Gasteiger partial charge in [0.2, 0.25) is 5.91 Å². The molecule has 21 heavy (non-hydrogen) atoms. The van der Waals surface area contributed by atoms with E-state index in [2.05, 4.69) is 5.32 Å². The Labute approximate surface area is 127 Å². The molecule has 0 saturated heterocycles. The smallest absolute Gasteiger partial charge is 0.380 e. The minimum Gasteiger partial charge on any atom is -0.481 e. The zero-order chi connectivity index (χ0) is 15.9. The van der Waals surface area contributed by atoms with E-state index in [0.29, 0.717) is 11.4 Å². The SMILES string of the molecule is COP(=S)(OC)Oc1ccc(NC(=O)CCC(=O)O)cc1. The zero-order valence-corrected chi connectivity index (χ0v) is 13.3. The quantitative estimate of drug-likeness (QED) is 0.705. The van der Waals surface area contributed by atoms with Gasteiger partial charge in [0.15, 0.2) is 0 Å². The Hall–Kier alpha value is -1.47. The zero-order valence-electron chi connectivity index (χ0n) is 11.6. The van der Waals surface area contributed by atoms with Crippen molar-refractivity contribution in [3.63, 3.8) is 0 Å². The van der Waals surface area contributed by atoms with Gasteiger partial charge in [-0.15, -0.1) is 0 Å². The van der Waals surface area contributed by atoms with Gasteiger partial charge in [0.25, 0.3) is 0 Å². The van der Waals surface area contributed by atoms with Crippen molar-refractivity contribution in [3.8, 4) is 5.75 Å². The highest BCUT2D eigenvalue weighted by Crippen LogP contribution is 2.48. The minimum atomic E-state index is -2.79. The molecule has 0 unspecified atom stereocenters. The molecule has 0 atom stereocenters. The largest absolute Gasteiger partial charge is 0.481 e. The van der Waals surface area contributed by atoms with Crippen LogP contribution in [0.3, 0.4) is 0 Å². The molecular weight excluding hydrogens is 317 g/mol. The second-order valence-electron chi connectivity index (χ2n) is 3.87. The first-order valence-corrected chi connectivity index (χ1v) is 8.47. The van der Waals surface area contributed by atoms with Gasteiger partial charge in [0.1, 0.15) is 5.75 Å². The lowest BCUT2D eigenvalue weighted by Crippen LogP contribution is -2.13. The van der Waals surface area contributed by atoms with E-state index in [1.54, 1.807) is 24.3 Å². The maximum Gasteiger partial charge on any atom is 0.380 e. The van der Waals surface area contributed by atoms with Crippen molar-refractivity contribution in [2.45, 2.75) is 12.8 Å². The van der Waals surface area contributed by atoms with Crippen LogP contribution in [-0.2, 0) is 30.4 Å². The molecule has 0 aliphatic heterocycles. The van der Waals surface area contributed by atoms with Crippen molar-refractivity contribution < 1.29 is 28.3 Å². The van der Waals surface area contributed by atoms with Gasteiger partial charge in [-0.25, -0.2) is 0 Å². The van der Waals surface area contributed by atoms with Gasteiger partial charge >= 0.3 is 12.7 Å². The van der Waals surface area contributed by atoms with Gasteiger partial charge in [0.05, 0.1) is 6.42 Å². The van der Waals surface area contributed by atoms with E-state index in [1.807, 2.05) is 0 Å². The van der Waals surface area contributed by atoms with Gasteiger partial charge < -0.3 is 24.0 Å². The summed E-state index contributed by atoms with van der Waals surface area (Å²) in [7, 11) is 2.81. The summed E-state index contributed by atoms with van der Waals surface area (Å²) in [6, 6.07) is 6.43. The first-order chi connectivity index (χ1) is 9.88. The molecule has 0 aliphatic carbocycles. The molecule has 0 bridgehead atoms. The van der Waals surface area contributed by atoms with Crippen LogP contribution >= 0.6 is 6.72 Å². The van der Waals surface area contributed by atoms with Crippen LogP contribution in [0.5, 0.6) is 5.75 Å². The fraction of sp³-hybridized carbons (Fsp3) is 0.333. The van der Waals surface area contributed by atoms with Gasteiger partial charge in [-0.3, -0.25) is 9.59 Å². The van der Waals surface area contributed by atoms with Gasteiger partial charge in [-0.1, -0.05) is 0 Å². The van der Waals surface area contributed by atoms with E-state index in [9.17, 15) is 9.59 Å². The van der Waals surface area contributed by atoms with Gasteiger partial charge in [0, 0.05) is 38.1 Å². The number of benzene rings is 1. The first-order valence-electron chi connectivity index (χ1n) is 5.91. The van der Waals surface area contributed by atoms with E-state index >= 15 is 0 Å². The number of rotatable bonds is 8. The molecule has 1 aromatic carbocycles. The number of carbonyl (C=O) groups excluding carboxylic acids is 1. The second kappa shape index (κ2) is 8.09. The third kappa shape index (κ3) is 6.22. The van der Waals surface area contributed by atoms with Crippen molar-refractivity contribution in [1.29, 1.82) is 0 Å².